The van der Waals surface area contributed by atoms with Gasteiger partial charge in [-0.1, -0.05) is 54.1 Å². The Morgan fingerprint density at radius 3 is 2.45 bits per heavy atom. The second kappa shape index (κ2) is 8.85. The maximum absolute atomic E-state index is 13.2. The minimum Gasteiger partial charge on any atom is -0.473 e. The van der Waals surface area contributed by atoms with Crippen molar-refractivity contribution in [2.45, 2.75) is 12.8 Å². The van der Waals surface area contributed by atoms with Gasteiger partial charge in [-0.15, -0.1) is 0 Å². The molecule has 9 heteroatoms. The molecule has 1 heterocycles. The topological polar surface area (TPSA) is 93.4 Å². The van der Waals surface area contributed by atoms with E-state index in [4.69, 9.17) is 21.4 Å². The summed E-state index contributed by atoms with van der Waals surface area (Å²) >= 11 is 6.54. The number of aliphatic carboxylic acids is 1. The van der Waals surface area contributed by atoms with Gasteiger partial charge in [-0.3, -0.25) is 5.32 Å². The van der Waals surface area contributed by atoms with Gasteiger partial charge >= 0.3 is 11.9 Å². The average Bonchev–Trinajstić information content (AvgIpc) is 3.04. The molecule has 0 saturated carbocycles. The van der Waals surface area contributed by atoms with Crippen LogP contribution in [0.2, 0.25) is 5.15 Å². The summed E-state index contributed by atoms with van der Waals surface area (Å²) in [6.45, 7) is 0.277. The normalized spacial score (nSPS) is 11.8. The predicted molar refractivity (Wildman–Crippen MR) is 104 cm³/mol. The highest BCUT2D eigenvalue weighted by Crippen LogP contribution is 2.31. The van der Waals surface area contributed by atoms with Crippen LogP contribution in [0.15, 0.2) is 54.6 Å². The quantitative estimate of drug-likeness (QED) is 0.363. The fourth-order valence-corrected chi connectivity index (χ4v) is 3.03. The highest BCUT2D eigenvalue weighted by Gasteiger charge is 2.27. The van der Waals surface area contributed by atoms with E-state index in [1.807, 2.05) is 30.3 Å². The van der Waals surface area contributed by atoms with E-state index in [1.165, 1.54) is 19.2 Å². The lowest BCUT2D eigenvalue weighted by atomic mass is 10.2. The molecule has 0 saturated heterocycles. The average molecular weight is 418 g/mol. The first-order valence-corrected chi connectivity index (χ1v) is 8.95. The molecule has 29 heavy (non-hydrogen) atoms. The molecule has 3 aromatic rings. The summed E-state index contributed by atoms with van der Waals surface area (Å²) in [6, 6.07) is 15.1. The van der Waals surface area contributed by atoms with Crippen molar-refractivity contribution < 1.29 is 23.8 Å². The van der Waals surface area contributed by atoms with Crippen LogP contribution in [0.25, 0.3) is 11.4 Å². The lowest BCUT2D eigenvalue weighted by Crippen LogP contribution is -2.27. The second-order valence-electron chi connectivity index (χ2n) is 6.07. The zero-order chi connectivity index (χ0) is 21.0. The summed E-state index contributed by atoms with van der Waals surface area (Å²) < 4.78 is 19.9. The molecule has 1 unspecified atom stereocenters. The van der Waals surface area contributed by atoms with E-state index < -0.39 is 18.2 Å². The van der Waals surface area contributed by atoms with Gasteiger partial charge in [0.25, 0.3) is 0 Å². The standard InChI is InChI=1S/C20H17ClFN3O4/c1-23-18(29-20(28)19(26)27)15-16(21)25(11-12-7-9-14(22)10-8-12)17(24-15)13-5-3-2-4-6-13/h2-10,18,23H,11H2,1H3,(H,26,27). The van der Waals surface area contributed by atoms with Gasteiger partial charge in [0, 0.05) is 5.56 Å². The van der Waals surface area contributed by atoms with E-state index in [-0.39, 0.29) is 23.2 Å². The van der Waals surface area contributed by atoms with E-state index in [1.54, 1.807) is 16.7 Å². The van der Waals surface area contributed by atoms with Crippen LogP contribution in [0.4, 0.5) is 4.39 Å². The van der Waals surface area contributed by atoms with Crippen molar-refractivity contribution in [3.8, 4) is 11.4 Å². The van der Waals surface area contributed by atoms with E-state index >= 15 is 0 Å². The fourth-order valence-electron chi connectivity index (χ4n) is 2.75. The molecule has 0 amide bonds. The molecule has 0 aliphatic carbocycles. The number of hydrogen-bond acceptors (Lipinski definition) is 5. The molecule has 2 aromatic carbocycles. The van der Waals surface area contributed by atoms with Gasteiger partial charge in [0.1, 0.15) is 22.5 Å². The molecule has 2 N–H and O–H groups in total. The highest BCUT2D eigenvalue weighted by atomic mass is 35.5. The molecule has 1 atom stereocenters. The lowest BCUT2D eigenvalue weighted by molar-refractivity contribution is -0.168. The number of nitrogens with zero attached hydrogens (tertiary/aromatic N) is 2. The Kier molecular flexibility index (Phi) is 6.26. The van der Waals surface area contributed by atoms with Gasteiger partial charge in [0.05, 0.1) is 6.54 Å². The molecule has 0 aliphatic heterocycles. The summed E-state index contributed by atoms with van der Waals surface area (Å²) in [5.74, 6) is -3.03. The summed E-state index contributed by atoms with van der Waals surface area (Å²) in [6.07, 6.45) is -1.16. The highest BCUT2D eigenvalue weighted by molar-refractivity contribution is 6.31. The molecule has 0 aliphatic rings. The summed E-state index contributed by atoms with van der Waals surface area (Å²) in [4.78, 5) is 26.8. The van der Waals surface area contributed by atoms with Gasteiger partial charge in [0.15, 0.2) is 6.23 Å². The monoisotopic (exact) mass is 417 g/mol. The Morgan fingerprint density at radius 2 is 1.86 bits per heavy atom. The van der Waals surface area contributed by atoms with Gasteiger partial charge in [-0.2, -0.15) is 0 Å². The van der Waals surface area contributed by atoms with Crippen LogP contribution in [0.5, 0.6) is 0 Å². The van der Waals surface area contributed by atoms with Crippen molar-refractivity contribution in [3.63, 3.8) is 0 Å². The SMILES string of the molecule is CNC(OC(=O)C(=O)O)c1nc(-c2ccccc2)n(Cc2ccc(F)cc2)c1Cl. The molecule has 150 valence electrons. The van der Waals surface area contributed by atoms with Crippen LogP contribution in [-0.4, -0.2) is 33.6 Å². The zero-order valence-corrected chi connectivity index (χ0v) is 16.1. The second-order valence-corrected chi connectivity index (χ2v) is 6.43. The first-order chi connectivity index (χ1) is 13.9. The van der Waals surface area contributed by atoms with Crippen molar-refractivity contribution in [1.29, 1.82) is 0 Å². The number of imidazole rings is 1. The van der Waals surface area contributed by atoms with Crippen molar-refractivity contribution in [3.05, 3.63) is 76.8 Å². The fraction of sp³-hybridized carbons (Fsp3) is 0.150. The van der Waals surface area contributed by atoms with Gasteiger partial charge in [-0.25, -0.2) is 19.0 Å². The van der Waals surface area contributed by atoms with Crippen molar-refractivity contribution in [2.75, 3.05) is 7.05 Å². The number of carbonyl (C=O) groups excluding carboxylic acids is 1. The summed E-state index contributed by atoms with van der Waals surface area (Å²) in [5.41, 5.74) is 1.69. The molecule has 0 bridgehead atoms. The molecule has 0 spiro atoms. The van der Waals surface area contributed by atoms with E-state index in [2.05, 4.69) is 10.3 Å². The molecular formula is C20H17ClFN3O4. The summed E-state index contributed by atoms with van der Waals surface area (Å²) in [7, 11) is 1.48. The van der Waals surface area contributed by atoms with Gasteiger partial charge in [-0.05, 0) is 24.7 Å². The molecule has 0 fully saturated rings. The maximum Gasteiger partial charge on any atom is 0.419 e. The Hall–Kier alpha value is -3.23. The number of aromatic nitrogens is 2. The third-order valence-electron chi connectivity index (χ3n) is 4.13. The van der Waals surface area contributed by atoms with Crippen LogP contribution in [0.1, 0.15) is 17.5 Å². The van der Waals surface area contributed by atoms with Crippen LogP contribution >= 0.6 is 11.6 Å². The Labute approximate surface area is 170 Å². The van der Waals surface area contributed by atoms with Crippen molar-refractivity contribution in [2.24, 2.45) is 0 Å². The third kappa shape index (κ3) is 4.61. The Bertz CT molecular complexity index is 1020. The number of nitrogens with one attached hydrogen (secondary N) is 1. The molecule has 7 nitrogen and oxygen atoms in total. The number of rotatable bonds is 6. The molecule has 0 radical (unpaired) electrons. The third-order valence-corrected chi connectivity index (χ3v) is 4.52. The predicted octanol–water partition coefficient (Wildman–Crippen LogP) is 3.24. The minimum atomic E-state index is -1.73. The molecule has 3 rings (SSSR count). The summed E-state index contributed by atoms with van der Waals surface area (Å²) in [5, 5.41) is 11.7. The smallest absolute Gasteiger partial charge is 0.419 e. The van der Waals surface area contributed by atoms with Crippen LogP contribution in [0.3, 0.4) is 0 Å². The largest absolute Gasteiger partial charge is 0.473 e. The number of hydrogen-bond donors (Lipinski definition) is 2. The van der Waals surface area contributed by atoms with Crippen LogP contribution < -0.4 is 5.32 Å². The van der Waals surface area contributed by atoms with E-state index in [0.717, 1.165) is 11.1 Å². The van der Waals surface area contributed by atoms with E-state index in [9.17, 15) is 14.0 Å². The number of carboxylic acid groups (broad SMARTS) is 1. The van der Waals surface area contributed by atoms with Gasteiger partial charge in [0.2, 0.25) is 0 Å². The molecule has 1 aromatic heterocycles. The Morgan fingerprint density at radius 1 is 1.21 bits per heavy atom. The lowest BCUT2D eigenvalue weighted by Gasteiger charge is -2.14. The Balaban J connectivity index is 2.06. The van der Waals surface area contributed by atoms with Crippen molar-refractivity contribution in [1.82, 2.24) is 14.9 Å². The number of carbonyl (C=O) groups is 2. The number of halogens is 2. The number of benzene rings is 2. The molecular weight excluding hydrogens is 401 g/mol. The van der Waals surface area contributed by atoms with Crippen molar-refractivity contribution >= 4 is 23.5 Å². The zero-order valence-electron chi connectivity index (χ0n) is 15.3. The van der Waals surface area contributed by atoms with E-state index in [0.29, 0.717) is 5.82 Å². The number of ether oxygens (including phenoxy) is 1. The van der Waals surface area contributed by atoms with Gasteiger partial charge < -0.3 is 14.4 Å². The number of carboxylic acids is 1. The van der Waals surface area contributed by atoms with Crippen LogP contribution in [0, 0.1) is 5.82 Å². The first-order valence-electron chi connectivity index (χ1n) is 8.57. The number of esters is 1. The van der Waals surface area contributed by atoms with Crippen LogP contribution in [-0.2, 0) is 20.9 Å². The maximum atomic E-state index is 13.2. The minimum absolute atomic E-state index is 0.157. The first kappa shape index (κ1) is 20.5.